The Morgan fingerprint density at radius 1 is 0.885 bits per heavy atom. The number of ether oxygens (including phenoxy) is 1. The predicted octanol–water partition coefficient (Wildman–Crippen LogP) is 3.92. The van der Waals surface area contributed by atoms with Crippen LogP contribution >= 0.6 is 0 Å². The first-order valence-corrected chi connectivity index (χ1v) is 8.04. The van der Waals surface area contributed by atoms with E-state index >= 15 is 0 Å². The molecule has 0 spiro atoms. The van der Waals surface area contributed by atoms with Crippen molar-refractivity contribution in [2.45, 2.75) is 0 Å². The van der Waals surface area contributed by atoms with E-state index in [4.69, 9.17) is 4.74 Å². The van der Waals surface area contributed by atoms with Gasteiger partial charge in [0, 0.05) is 11.6 Å². The van der Waals surface area contributed by atoms with Crippen LogP contribution in [0.2, 0.25) is 0 Å². The van der Waals surface area contributed by atoms with Gasteiger partial charge in [0.15, 0.2) is 5.82 Å². The van der Waals surface area contributed by atoms with E-state index in [9.17, 15) is 0 Å². The lowest BCUT2D eigenvalue weighted by Crippen LogP contribution is -2.03. The van der Waals surface area contributed by atoms with Crippen molar-refractivity contribution in [1.29, 1.82) is 0 Å². The second kappa shape index (κ2) is 7.02. The van der Waals surface area contributed by atoms with Gasteiger partial charge in [0.25, 0.3) is 0 Å². The largest absolute Gasteiger partial charge is 0.495 e. The molecule has 0 aliphatic rings. The molecule has 2 aromatic heterocycles. The third-order valence-corrected chi connectivity index (χ3v) is 3.81. The first kappa shape index (κ1) is 15.8. The first-order valence-electron chi connectivity index (χ1n) is 8.04. The Bertz CT molecular complexity index is 1050. The van der Waals surface area contributed by atoms with E-state index in [2.05, 4.69) is 30.8 Å². The Morgan fingerprint density at radius 2 is 1.73 bits per heavy atom. The number of nitrogens with one attached hydrogen (secondary N) is 2. The van der Waals surface area contributed by atoms with Crippen molar-refractivity contribution in [2.24, 2.45) is 0 Å². The summed E-state index contributed by atoms with van der Waals surface area (Å²) in [7, 11) is 1.62. The lowest BCUT2D eigenvalue weighted by molar-refractivity contribution is 0.417. The summed E-state index contributed by atoms with van der Waals surface area (Å²) in [6.07, 6.45) is 3.31. The number of hydrogen-bond donors (Lipinski definition) is 2. The van der Waals surface area contributed by atoms with Crippen LogP contribution in [0.1, 0.15) is 0 Å². The zero-order chi connectivity index (χ0) is 17.8. The lowest BCUT2D eigenvalue weighted by Gasteiger charge is -2.11. The molecule has 7 heteroatoms. The first-order chi connectivity index (χ1) is 12.8. The van der Waals surface area contributed by atoms with Crippen molar-refractivity contribution in [3.63, 3.8) is 0 Å². The average molecular weight is 344 g/mol. The molecular formula is C19H16N6O. The number of hydrogen-bond acceptors (Lipinski definition) is 7. The number of pyridine rings is 1. The summed E-state index contributed by atoms with van der Waals surface area (Å²) in [6.45, 7) is 0. The molecule has 0 radical (unpaired) electrons. The van der Waals surface area contributed by atoms with Gasteiger partial charge in [-0.1, -0.05) is 30.3 Å². The van der Waals surface area contributed by atoms with E-state index in [0.717, 1.165) is 28.0 Å². The molecule has 0 bridgehead atoms. The second-order valence-corrected chi connectivity index (χ2v) is 5.50. The highest BCUT2D eigenvalue weighted by Gasteiger charge is 2.07. The van der Waals surface area contributed by atoms with Crippen LogP contribution in [0.25, 0.3) is 10.9 Å². The standard InChI is InChI=1S/C19H16N6O/c1-26-16-10-3-2-8-14(16)22-17-12-21-25-19(24-17)23-15-9-4-6-13-7-5-11-20-18(13)15/h2-12H,1H3,(H2,22,23,24,25). The summed E-state index contributed by atoms with van der Waals surface area (Å²) in [6, 6.07) is 17.4. The molecule has 4 aromatic rings. The Morgan fingerprint density at radius 3 is 2.65 bits per heavy atom. The van der Waals surface area contributed by atoms with Gasteiger partial charge in [-0.3, -0.25) is 4.98 Å². The third kappa shape index (κ3) is 3.23. The maximum Gasteiger partial charge on any atom is 0.249 e. The molecular weight excluding hydrogens is 328 g/mol. The molecule has 0 atom stereocenters. The summed E-state index contributed by atoms with van der Waals surface area (Å²) in [5, 5.41) is 15.5. The lowest BCUT2D eigenvalue weighted by atomic mass is 10.2. The van der Waals surface area contributed by atoms with Gasteiger partial charge >= 0.3 is 0 Å². The van der Waals surface area contributed by atoms with Crippen molar-refractivity contribution < 1.29 is 4.74 Å². The normalized spacial score (nSPS) is 10.5. The number of anilines is 4. The van der Waals surface area contributed by atoms with Gasteiger partial charge in [-0.15, -0.1) is 5.10 Å². The number of fused-ring (bicyclic) bond motifs is 1. The number of aromatic nitrogens is 4. The molecule has 2 aromatic carbocycles. The van der Waals surface area contributed by atoms with Gasteiger partial charge in [0.2, 0.25) is 5.95 Å². The van der Waals surface area contributed by atoms with E-state index in [1.807, 2.05) is 54.6 Å². The summed E-state index contributed by atoms with van der Waals surface area (Å²) in [5.74, 6) is 1.65. The van der Waals surface area contributed by atoms with Crippen molar-refractivity contribution >= 4 is 34.0 Å². The van der Waals surface area contributed by atoms with Gasteiger partial charge < -0.3 is 15.4 Å². The van der Waals surface area contributed by atoms with E-state index < -0.39 is 0 Å². The van der Waals surface area contributed by atoms with Crippen LogP contribution in [-0.2, 0) is 0 Å². The minimum absolute atomic E-state index is 0.378. The fourth-order valence-corrected chi connectivity index (χ4v) is 2.63. The molecule has 0 fully saturated rings. The van der Waals surface area contributed by atoms with Gasteiger partial charge in [-0.2, -0.15) is 10.1 Å². The number of para-hydroxylation sites is 3. The van der Waals surface area contributed by atoms with Crippen LogP contribution in [0.3, 0.4) is 0 Å². The molecule has 7 nitrogen and oxygen atoms in total. The molecule has 26 heavy (non-hydrogen) atoms. The Labute approximate surface area is 150 Å². The highest BCUT2D eigenvalue weighted by molar-refractivity contribution is 5.91. The average Bonchev–Trinajstić information content (AvgIpc) is 2.69. The van der Waals surface area contributed by atoms with Crippen molar-refractivity contribution in [1.82, 2.24) is 20.2 Å². The minimum Gasteiger partial charge on any atom is -0.495 e. The van der Waals surface area contributed by atoms with Crippen LogP contribution in [-0.4, -0.2) is 27.3 Å². The van der Waals surface area contributed by atoms with Crippen molar-refractivity contribution in [3.8, 4) is 5.75 Å². The SMILES string of the molecule is COc1ccccc1Nc1cnnc(Nc2cccc3cccnc23)n1. The van der Waals surface area contributed by atoms with Gasteiger partial charge in [-0.05, 0) is 24.3 Å². The van der Waals surface area contributed by atoms with E-state index in [0.29, 0.717) is 11.8 Å². The van der Waals surface area contributed by atoms with E-state index in [1.165, 1.54) is 0 Å². The molecule has 0 amide bonds. The zero-order valence-electron chi connectivity index (χ0n) is 14.0. The molecule has 0 aliphatic heterocycles. The molecule has 2 N–H and O–H groups in total. The Balaban J connectivity index is 1.62. The van der Waals surface area contributed by atoms with Crippen molar-refractivity contribution in [3.05, 3.63) is 67.0 Å². The fourth-order valence-electron chi connectivity index (χ4n) is 2.63. The van der Waals surface area contributed by atoms with Crippen LogP contribution in [0.15, 0.2) is 67.0 Å². The molecule has 0 saturated heterocycles. The molecule has 128 valence electrons. The molecule has 0 unspecified atom stereocenters. The van der Waals surface area contributed by atoms with Gasteiger partial charge in [0.1, 0.15) is 5.75 Å². The predicted molar refractivity (Wildman–Crippen MR) is 101 cm³/mol. The quantitative estimate of drug-likeness (QED) is 0.567. The van der Waals surface area contributed by atoms with Crippen LogP contribution < -0.4 is 15.4 Å². The van der Waals surface area contributed by atoms with Crippen LogP contribution in [0.4, 0.5) is 23.1 Å². The van der Waals surface area contributed by atoms with Gasteiger partial charge in [0.05, 0.1) is 30.2 Å². The third-order valence-electron chi connectivity index (χ3n) is 3.81. The topological polar surface area (TPSA) is 84.9 Å². The van der Waals surface area contributed by atoms with Crippen LogP contribution in [0, 0.1) is 0 Å². The van der Waals surface area contributed by atoms with Crippen molar-refractivity contribution in [2.75, 3.05) is 17.7 Å². The van der Waals surface area contributed by atoms with Crippen LogP contribution in [0.5, 0.6) is 5.75 Å². The zero-order valence-corrected chi connectivity index (χ0v) is 14.0. The Hall–Kier alpha value is -3.74. The second-order valence-electron chi connectivity index (χ2n) is 5.50. The summed E-state index contributed by atoms with van der Waals surface area (Å²) >= 11 is 0. The number of nitrogens with zero attached hydrogens (tertiary/aromatic N) is 4. The van der Waals surface area contributed by atoms with E-state index in [-0.39, 0.29) is 0 Å². The summed E-state index contributed by atoms with van der Waals surface area (Å²) < 4.78 is 5.34. The smallest absolute Gasteiger partial charge is 0.249 e. The number of methoxy groups -OCH3 is 1. The summed E-state index contributed by atoms with van der Waals surface area (Å²) in [5.41, 5.74) is 2.47. The fraction of sp³-hybridized carbons (Fsp3) is 0.0526. The number of benzene rings is 2. The minimum atomic E-state index is 0.378. The summed E-state index contributed by atoms with van der Waals surface area (Å²) in [4.78, 5) is 8.89. The molecule has 4 rings (SSSR count). The molecule has 2 heterocycles. The molecule has 0 saturated carbocycles. The number of rotatable bonds is 5. The maximum atomic E-state index is 5.34. The maximum absolute atomic E-state index is 5.34. The monoisotopic (exact) mass is 344 g/mol. The highest BCUT2D eigenvalue weighted by Crippen LogP contribution is 2.27. The Kier molecular flexibility index (Phi) is 4.26. The molecule has 0 aliphatic carbocycles. The highest BCUT2D eigenvalue weighted by atomic mass is 16.5. The van der Waals surface area contributed by atoms with Gasteiger partial charge in [-0.25, -0.2) is 0 Å². The van der Waals surface area contributed by atoms with E-state index in [1.54, 1.807) is 19.5 Å².